The van der Waals surface area contributed by atoms with E-state index in [2.05, 4.69) is 11.2 Å². The van der Waals surface area contributed by atoms with Crippen molar-refractivity contribution in [1.82, 2.24) is 0 Å². The Balaban J connectivity index is 2.97. The summed E-state index contributed by atoms with van der Waals surface area (Å²) in [4.78, 5) is 4.11. The second kappa shape index (κ2) is 7.92. The first-order valence-corrected chi connectivity index (χ1v) is 5.42. The van der Waals surface area contributed by atoms with Crippen LogP contribution >= 0.6 is 11.8 Å². The van der Waals surface area contributed by atoms with Crippen LogP contribution in [0.1, 0.15) is 26.2 Å². The van der Waals surface area contributed by atoms with Crippen molar-refractivity contribution in [3.8, 4) is 0 Å². The van der Waals surface area contributed by atoms with Crippen LogP contribution in [0.5, 0.6) is 0 Å². The maximum atomic E-state index is 5.38. The Bertz CT molecular complexity index is 109. The first kappa shape index (κ1) is 10.8. The van der Waals surface area contributed by atoms with Crippen LogP contribution < -0.4 is 5.73 Å². The summed E-state index contributed by atoms with van der Waals surface area (Å²) in [5, 5.41) is 0. The molecule has 0 amide bonds. The third-order valence-corrected chi connectivity index (χ3v) is 2.06. The van der Waals surface area contributed by atoms with Crippen LogP contribution in [0.3, 0.4) is 0 Å². The predicted molar refractivity (Wildman–Crippen MR) is 54.4 cm³/mol. The zero-order valence-corrected chi connectivity index (χ0v) is 8.28. The molecule has 0 aromatic carbocycles. The van der Waals surface area contributed by atoms with E-state index in [1.807, 2.05) is 18.7 Å². The van der Waals surface area contributed by atoms with Crippen LogP contribution in [0.25, 0.3) is 0 Å². The fraction of sp³-hybridized carbons (Fsp3) is 0.875. The Morgan fingerprint density at radius 3 is 2.64 bits per heavy atom. The maximum Gasteiger partial charge on any atom is 0.0905 e. The van der Waals surface area contributed by atoms with Gasteiger partial charge in [-0.1, -0.05) is 6.42 Å². The number of thioether (sulfide) groups is 1. The average Bonchev–Trinajstić information content (AvgIpc) is 1.96. The summed E-state index contributed by atoms with van der Waals surface area (Å²) in [5.41, 5.74) is 5.38. The number of nitrogens with two attached hydrogens (primary N) is 1. The fourth-order valence-electron chi connectivity index (χ4n) is 0.790. The van der Waals surface area contributed by atoms with Gasteiger partial charge in [-0.25, -0.2) is 0 Å². The summed E-state index contributed by atoms with van der Waals surface area (Å²) in [7, 11) is 0. The molecule has 66 valence electrons. The van der Waals surface area contributed by atoms with Crippen molar-refractivity contribution in [3.05, 3.63) is 0 Å². The lowest BCUT2D eigenvalue weighted by atomic mass is 10.2. The molecular weight excluding hydrogens is 156 g/mol. The first-order chi connectivity index (χ1) is 5.27. The molecule has 0 fully saturated rings. The topological polar surface area (TPSA) is 38.4 Å². The molecule has 0 aliphatic carbocycles. The summed E-state index contributed by atoms with van der Waals surface area (Å²) in [5.74, 6) is 1.97. The standard InChI is InChI=1S/C8H18N2S/c1-8(9)10-6-4-3-5-7-11-2/h3-7H2,1-2H3,(H2,9,10). The Kier molecular flexibility index (Phi) is 7.79. The zero-order valence-electron chi connectivity index (χ0n) is 7.47. The van der Waals surface area contributed by atoms with Crippen molar-refractivity contribution in [3.63, 3.8) is 0 Å². The predicted octanol–water partition coefficient (Wildman–Crippen LogP) is 1.90. The molecule has 0 unspecified atom stereocenters. The molecule has 0 rings (SSSR count). The molecule has 0 aliphatic rings. The van der Waals surface area contributed by atoms with Gasteiger partial charge in [0.1, 0.15) is 0 Å². The molecule has 0 aliphatic heterocycles. The molecule has 0 saturated carbocycles. The minimum atomic E-state index is 0.704. The molecule has 0 aromatic rings. The Morgan fingerprint density at radius 1 is 1.36 bits per heavy atom. The minimum absolute atomic E-state index is 0.704. The van der Waals surface area contributed by atoms with E-state index >= 15 is 0 Å². The number of hydrogen-bond donors (Lipinski definition) is 1. The van der Waals surface area contributed by atoms with E-state index in [1.54, 1.807) is 0 Å². The number of rotatable bonds is 6. The lowest BCUT2D eigenvalue weighted by Gasteiger charge is -1.96. The molecule has 0 spiro atoms. The number of nitrogens with zero attached hydrogens (tertiary/aromatic N) is 1. The van der Waals surface area contributed by atoms with Crippen LogP contribution in [0, 0.1) is 0 Å². The summed E-state index contributed by atoms with van der Waals surface area (Å²) in [6.07, 6.45) is 5.90. The van der Waals surface area contributed by atoms with Gasteiger partial charge >= 0.3 is 0 Å². The second-order valence-corrected chi connectivity index (χ2v) is 3.56. The van der Waals surface area contributed by atoms with Crippen molar-refractivity contribution in [2.45, 2.75) is 26.2 Å². The lowest BCUT2D eigenvalue weighted by molar-refractivity contribution is 0.733. The molecule has 0 bridgehead atoms. The van der Waals surface area contributed by atoms with Crippen LogP contribution in [0.2, 0.25) is 0 Å². The summed E-state index contributed by atoms with van der Waals surface area (Å²) in [6.45, 7) is 2.73. The highest BCUT2D eigenvalue weighted by Crippen LogP contribution is 2.01. The molecule has 0 saturated heterocycles. The minimum Gasteiger partial charge on any atom is -0.388 e. The van der Waals surface area contributed by atoms with Gasteiger partial charge in [0.2, 0.25) is 0 Å². The number of unbranched alkanes of at least 4 members (excludes halogenated alkanes) is 2. The van der Waals surface area contributed by atoms with E-state index in [-0.39, 0.29) is 0 Å². The number of amidine groups is 1. The summed E-state index contributed by atoms with van der Waals surface area (Å²) >= 11 is 1.91. The zero-order chi connectivity index (χ0) is 8.53. The normalized spacial score (nSPS) is 12.0. The highest BCUT2D eigenvalue weighted by molar-refractivity contribution is 7.98. The molecular formula is C8H18N2S. The van der Waals surface area contributed by atoms with E-state index in [1.165, 1.54) is 25.0 Å². The van der Waals surface area contributed by atoms with Crippen molar-refractivity contribution in [2.24, 2.45) is 10.7 Å². The highest BCUT2D eigenvalue weighted by Gasteiger charge is 1.87. The Morgan fingerprint density at radius 2 is 2.09 bits per heavy atom. The third kappa shape index (κ3) is 9.82. The van der Waals surface area contributed by atoms with Crippen molar-refractivity contribution in [2.75, 3.05) is 18.6 Å². The SMILES string of the molecule is CSCCCCCN=C(C)N. The monoisotopic (exact) mass is 174 g/mol. The Hall–Kier alpha value is -0.180. The van der Waals surface area contributed by atoms with Crippen molar-refractivity contribution >= 4 is 17.6 Å². The third-order valence-electron chi connectivity index (χ3n) is 1.37. The molecule has 11 heavy (non-hydrogen) atoms. The maximum absolute atomic E-state index is 5.38. The van der Waals surface area contributed by atoms with E-state index < -0.39 is 0 Å². The van der Waals surface area contributed by atoms with Crippen molar-refractivity contribution < 1.29 is 0 Å². The smallest absolute Gasteiger partial charge is 0.0905 e. The highest BCUT2D eigenvalue weighted by atomic mass is 32.2. The van der Waals surface area contributed by atoms with Crippen LogP contribution in [-0.2, 0) is 0 Å². The lowest BCUT2D eigenvalue weighted by Crippen LogP contribution is -2.05. The van der Waals surface area contributed by atoms with E-state index in [4.69, 9.17) is 5.73 Å². The number of hydrogen-bond acceptors (Lipinski definition) is 2. The van der Waals surface area contributed by atoms with E-state index in [0.717, 1.165) is 6.54 Å². The van der Waals surface area contributed by atoms with Gasteiger partial charge in [0.25, 0.3) is 0 Å². The summed E-state index contributed by atoms with van der Waals surface area (Å²) in [6, 6.07) is 0. The molecule has 0 radical (unpaired) electrons. The van der Waals surface area contributed by atoms with Gasteiger partial charge in [-0.05, 0) is 31.8 Å². The van der Waals surface area contributed by atoms with Crippen LogP contribution in [0.4, 0.5) is 0 Å². The van der Waals surface area contributed by atoms with Gasteiger partial charge in [-0.3, -0.25) is 4.99 Å². The second-order valence-electron chi connectivity index (χ2n) is 2.58. The average molecular weight is 174 g/mol. The van der Waals surface area contributed by atoms with Gasteiger partial charge < -0.3 is 5.73 Å². The molecule has 0 aromatic heterocycles. The summed E-state index contributed by atoms with van der Waals surface area (Å²) < 4.78 is 0. The van der Waals surface area contributed by atoms with Gasteiger partial charge in [-0.15, -0.1) is 0 Å². The van der Waals surface area contributed by atoms with Gasteiger partial charge in [0, 0.05) is 6.54 Å². The molecule has 0 atom stereocenters. The van der Waals surface area contributed by atoms with Gasteiger partial charge in [0.15, 0.2) is 0 Å². The van der Waals surface area contributed by atoms with Gasteiger partial charge in [-0.2, -0.15) is 11.8 Å². The van der Waals surface area contributed by atoms with E-state index in [9.17, 15) is 0 Å². The largest absolute Gasteiger partial charge is 0.388 e. The first-order valence-electron chi connectivity index (χ1n) is 4.03. The van der Waals surface area contributed by atoms with Crippen molar-refractivity contribution in [1.29, 1.82) is 0 Å². The van der Waals surface area contributed by atoms with Crippen LogP contribution in [-0.4, -0.2) is 24.4 Å². The number of aliphatic imine (C=N–C) groups is 1. The molecule has 0 heterocycles. The van der Waals surface area contributed by atoms with Gasteiger partial charge in [0.05, 0.1) is 5.84 Å². The molecule has 2 nitrogen and oxygen atoms in total. The quantitative estimate of drug-likeness (QED) is 0.379. The van der Waals surface area contributed by atoms with E-state index in [0.29, 0.717) is 5.84 Å². The van der Waals surface area contributed by atoms with Crippen LogP contribution in [0.15, 0.2) is 4.99 Å². The molecule has 2 N–H and O–H groups in total. The Labute approximate surface area is 73.7 Å². The fourth-order valence-corrected chi connectivity index (χ4v) is 1.28. The molecule has 3 heteroatoms.